The predicted molar refractivity (Wildman–Crippen MR) is 134 cm³/mol. The van der Waals surface area contributed by atoms with Crippen molar-refractivity contribution in [3.63, 3.8) is 0 Å². The number of aryl methyl sites for hydroxylation is 1. The lowest BCUT2D eigenvalue weighted by molar-refractivity contribution is 0.0986. The van der Waals surface area contributed by atoms with Gasteiger partial charge >= 0.3 is 0 Å². The summed E-state index contributed by atoms with van der Waals surface area (Å²) >= 11 is 0. The van der Waals surface area contributed by atoms with Crippen molar-refractivity contribution in [2.24, 2.45) is 0 Å². The van der Waals surface area contributed by atoms with Gasteiger partial charge in [-0.15, -0.1) is 0 Å². The molecule has 0 saturated heterocycles. The van der Waals surface area contributed by atoms with Crippen molar-refractivity contribution in [2.45, 2.75) is 45.6 Å². The Morgan fingerprint density at radius 3 is 2.70 bits per heavy atom. The molecule has 1 aliphatic heterocycles. The zero-order valence-electron chi connectivity index (χ0n) is 19.6. The summed E-state index contributed by atoms with van der Waals surface area (Å²) in [5.41, 5.74) is 6.05. The van der Waals surface area contributed by atoms with Gasteiger partial charge in [0, 0.05) is 36.7 Å². The maximum atomic E-state index is 13.5. The van der Waals surface area contributed by atoms with Gasteiger partial charge < -0.3 is 15.0 Å². The lowest BCUT2D eigenvalue weighted by Crippen LogP contribution is -2.33. The number of benzene rings is 2. The standard InChI is InChI=1S/C28H33N3O2/c1-21-10-13-27(33-2)25(17-21)22-11-12-26-24(18-22)20-29-14-6-4-3-5-7-16-31(26)28(32)23-9-8-15-30-19-23/h8-13,15,17-19,29H,3-7,14,16,20H2,1-2H3. The van der Waals surface area contributed by atoms with Gasteiger partial charge in [0.1, 0.15) is 5.75 Å². The van der Waals surface area contributed by atoms with E-state index < -0.39 is 0 Å². The largest absolute Gasteiger partial charge is 0.496 e. The van der Waals surface area contributed by atoms with Crippen LogP contribution in [-0.4, -0.2) is 31.1 Å². The Balaban J connectivity index is 1.77. The first-order chi connectivity index (χ1) is 16.2. The van der Waals surface area contributed by atoms with Crippen LogP contribution in [0.4, 0.5) is 5.69 Å². The van der Waals surface area contributed by atoms with Crippen LogP contribution in [0.1, 0.15) is 53.6 Å². The van der Waals surface area contributed by atoms with E-state index in [4.69, 9.17) is 4.74 Å². The van der Waals surface area contributed by atoms with E-state index in [-0.39, 0.29) is 5.91 Å². The third-order valence-corrected chi connectivity index (χ3v) is 6.24. The average Bonchev–Trinajstić information content (AvgIpc) is 2.84. The highest BCUT2D eigenvalue weighted by atomic mass is 16.5. The number of nitrogens with one attached hydrogen (secondary N) is 1. The third-order valence-electron chi connectivity index (χ3n) is 6.24. The molecule has 0 saturated carbocycles. The summed E-state index contributed by atoms with van der Waals surface area (Å²) in [5, 5.41) is 3.60. The Hall–Kier alpha value is -3.18. The SMILES string of the molecule is COc1ccc(C)cc1-c1ccc2c(c1)CNCCCCCCCN2C(=O)c1cccnc1. The van der Waals surface area contributed by atoms with E-state index in [1.807, 2.05) is 23.1 Å². The predicted octanol–water partition coefficient (Wildman–Crippen LogP) is 5.77. The topological polar surface area (TPSA) is 54.5 Å². The van der Waals surface area contributed by atoms with E-state index in [1.165, 1.54) is 24.8 Å². The van der Waals surface area contributed by atoms with Crippen LogP contribution in [0.15, 0.2) is 60.9 Å². The van der Waals surface area contributed by atoms with Gasteiger partial charge in [-0.3, -0.25) is 9.78 Å². The number of amides is 1. The third kappa shape index (κ3) is 5.60. The van der Waals surface area contributed by atoms with Gasteiger partial charge in [-0.25, -0.2) is 0 Å². The Morgan fingerprint density at radius 2 is 1.88 bits per heavy atom. The second-order valence-corrected chi connectivity index (χ2v) is 8.69. The van der Waals surface area contributed by atoms with Crippen LogP contribution in [0.3, 0.4) is 0 Å². The monoisotopic (exact) mass is 443 g/mol. The van der Waals surface area contributed by atoms with E-state index in [9.17, 15) is 4.79 Å². The van der Waals surface area contributed by atoms with Crippen molar-refractivity contribution in [2.75, 3.05) is 25.1 Å². The molecule has 3 aromatic rings. The van der Waals surface area contributed by atoms with Crippen LogP contribution in [-0.2, 0) is 6.54 Å². The molecular formula is C28H33N3O2. The van der Waals surface area contributed by atoms with Crippen LogP contribution in [0.5, 0.6) is 5.75 Å². The van der Waals surface area contributed by atoms with Gasteiger partial charge in [0.2, 0.25) is 0 Å². The average molecular weight is 444 g/mol. The van der Waals surface area contributed by atoms with Crippen LogP contribution >= 0.6 is 0 Å². The molecule has 5 nitrogen and oxygen atoms in total. The molecule has 0 spiro atoms. The normalized spacial score (nSPS) is 15.2. The number of rotatable bonds is 3. The number of hydrogen-bond acceptors (Lipinski definition) is 4. The molecule has 1 N–H and O–H groups in total. The summed E-state index contributed by atoms with van der Waals surface area (Å²) in [6, 6.07) is 16.3. The van der Waals surface area contributed by atoms with Crippen molar-refractivity contribution in [3.05, 3.63) is 77.6 Å². The van der Waals surface area contributed by atoms with Crippen LogP contribution < -0.4 is 15.0 Å². The first-order valence-electron chi connectivity index (χ1n) is 11.9. The van der Waals surface area contributed by atoms with E-state index in [0.717, 1.165) is 47.5 Å². The van der Waals surface area contributed by atoms with Gasteiger partial charge in [0.05, 0.1) is 12.7 Å². The van der Waals surface area contributed by atoms with Crippen LogP contribution in [0, 0.1) is 6.92 Å². The molecule has 1 amide bonds. The first-order valence-corrected chi connectivity index (χ1v) is 11.9. The summed E-state index contributed by atoms with van der Waals surface area (Å²) < 4.78 is 5.64. The van der Waals surface area contributed by atoms with Crippen molar-refractivity contribution in [3.8, 4) is 16.9 Å². The molecule has 0 fully saturated rings. The minimum atomic E-state index is 0.00213. The number of carbonyl (C=O) groups excluding carboxylic acids is 1. The zero-order chi connectivity index (χ0) is 23.0. The molecule has 172 valence electrons. The molecule has 1 aliphatic rings. The van der Waals surface area contributed by atoms with Crippen LogP contribution in [0.2, 0.25) is 0 Å². The van der Waals surface area contributed by atoms with Gasteiger partial charge in [-0.1, -0.05) is 37.0 Å². The fraction of sp³-hybridized carbons (Fsp3) is 0.357. The number of methoxy groups -OCH3 is 1. The van der Waals surface area contributed by atoms with Crippen LogP contribution in [0.25, 0.3) is 11.1 Å². The van der Waals surface area contributed by atoms with Crippen molar-refractivity contribution in [1.82, 2.24) is 10.3 Å². The summed E-state index contributed by atoms with van der Waals surface area (Å²) in [4.78, 5) is 19.6. The highest BCUT2D eigenvalue weighted by Gasteiger charge is 2.21. The molecule has 0 aliphatic carbocycles. The van der Waals surface area contributed by atoms with Gasteiger partial charge in [0.25, 0.3) is 5.91 Å². The molecule has 0 bridgehead atoms. The molecule has 5 heteroatoms. The Morgan fingerprint density at radius 1 is 1.03 bits per heavy atom. The lowest BCUT2D eigenvalue weighted by atomic mass is 9.98. The number of aromatic nitrogens is 1. The molecule has 0 unspecified atom stereocenters. The number of nitrogens with zero attached hydrogens (tertiary/aromatic N) is 2. The van der Waals surface area contributed by atoms with Crippen molar-refractivity contribution in [1.29, 1.82) is 0 Å². The Kier molecular flexibility index (Phi) is 7.74. The molecule has 0 radical (unpaired) electrons. The number of pyridine rings is 1. The smallest absolute Gasteiger partial charge is 0.259 e. The Labute approximate surface area is 196 Å². The highest BCUT2D eigenvalue weighted by molar-refractivity contribution is 6.06. The molecular weight excluding hydrogens is 410 g/mol. The summed E-state index contributed by atoms with van der Waals surface area (Å²) in [7, 11) is 1.71. The summed E-state index contributed by atoms with van der Waals surface area (Å²) in [6.07, 6.45) is 9.08. The molecule has 4 rings (SSSR count). The maximum Gasteiger partial charge on any atom is 0.259 e. The van der Waals surface area contributed by atoms with E-state index in [0.29, 0.717) is 18.7 Å². The minimum absolute atomic E-state index is 0.00213. The molecule has 2 heterocycles. The van der Waals surface area contributed by atoms with Crippen molar-refractivity contribution < 1.29 is 9.53 Å². The lowest BCUT2D eigenvalue weighted by Gasteiger charge is -2.27. The van der Waals surface area contributed by atoms with E-state index in [1.54, 1.807) is 19.5 Å². The summed E-state index contributed by atoms with van der Waals surface area (Å²) in [5.74, 6) is 0.854. The fourth-order valence-corrected chi connectivity index (χ4v) is 4.46. The van der Waals surface area contributed by atoms with E-state index in [2.05, 4.69) is 47.6 Å². The Bertz CT molecular complexity index is 1080. The zero-order valence-corrected chi connectivity index (χ0v) is 19.6. The van der Waals surface area contributed by atoms with Gasteiger partial charge in [0.15, 0.2) is 0 Å². The fourth-order valence-electron chi connectivity index (χ4n) is 4.46. The second kappa shape index (κ2) is 11.1. The van der Waals surface area contributed by atoms with Gasteiger partial charge in [-0.05, 0) is 73.8 Å². The minimum Gasteiger partial charge on any atom is -0.496 e. The first kappa shape index (κ1) is 23.0. The molecule has 0 atom stereocenters. The number of hydrogen-bond donors (Lipinski definition) is 1. The number of fused-ring (bicyclic) bond motifs is 1. The second-order valence-electron chi connectivity index (χ2n) is 8.69. The maximum absolute atomic E-state index is 13.5. The number of ether oxygens (including phenoxy) is 1. The highest BCUT2D eigenvalue weighted by Crippen LogP contribution is 2.35. The number of anilines is 1. The summed E-state index contributed by atoms with van der Waals surface area (Å²) in [6.45, 7) is 4.49. The molecule has 33 heavy (non-hydrogen) atoms. The van der Waals surface area contributed by atoms with E-state index >= 15 is 0 Å². The van der Waals surface area contributed by atoms with Gasteiger partial charge in [-0.2, -0.15) is 0 Å². The number of carbonyl (C=O) groups is 1. The molecule has 1 aromatic heterocycles. The molecule has 2 aromatic carbocycles. The van der Waals surface area contributed by atoms with Crippen molar-refractivity contribution >= 4 is 11.6 Å². The quantitative estimate of drug-likeness (QED) is 0.559.